The Labute approximate surface area is 255 Å². The Bertz CT molecular complexity index is 877. The third-order valence-electron chi connectivity index (χ3n) is 9.33. The molecule has 1 aliphatic carbocycles. The molecular weight excluding hydrogens is 592 g/mol. The SMILES string of the molecule is CC(C)[C@H]1CC[C@H](C)C[C@@H]1O[C@@H]1O[C@H](CO[C@@H]2O[C@H](CO)[C@@H](O)[C@H](O)[C@H]2O)[C@@H](O)[C@H](O)[C@H]1O[C@@H]1O[C@H](CO)[C@@H](O)[C@H](O)[C@H]1O. The smallest absolute Gasteiger partial charge is 0.187 e. The zero-order valence-corrected chi connectivity index (χ0v) is 25.1. The van der Waals surface area contributed by atoms with Gasteiger partial charge in [0.1, 0.15) is 73.2 Å². The number of hydrogen-bond acceptors (Lipinski definition) is 16. The van der Waals surface area contributed by atoms with Gasteiger partial charge in [-0.1, -0.05) is 27.2 Å². The molecule has 0 radical (unpaired) electrons. The molecule has 0 unspecified atom stereocenters. The number of aliphatic hydroxyl groups is 10. The lowest BCUT2D eigenvalue weighted by Gasteiger charge is -2.48. The minimum absolute atomic E-state index is 0.121. The molecule has 1 saturated carbocycles. The van der Waals surface area contributed by atoms with Crippen molar-refractivity contribution < 1.29 is 79.5 Å². The molecule has 4 rings (SSSR count). The van der Waals surface area contributed by atoms with E-state index in [1.807, 2.05) is 0 Å². The third-order valence-corrected chi connectivity index (χ3v) is 9.33. The first-order valence-electron chi connectivity index (χ1n) is 15.3. The molecule has 0 aromatic carbocycles. The third kappa shape index (κ3) is 7.73. The number of rotatable bonds is 10. The highest BCUT2D eigenvalue weighted by Gasteiger charge is 2.53. The lowest BCUT2D eigenvalue weighted by Crippen LogP contribution is -2.65. The summed E-state index contributed by atoms with van der Waals surface area (Å²) in [7, 11) is 0. The fraction of sp³-hybridized carbons (Fsp3) is 1.00. The van der Waals surface area contributed by atoms with Crippen LogP contribution in [0.3, 0.4) is 0 Å². The van der Waals surface area contributed by atoms with Gasteiger partial charge < -0.3 is 79.5 Å². The van der Waals surface area contributed by atoms with Crippen molar-refractivity contribution in [3.63, 3.8) is 0 Å². The van der Waals surface area contributed by atoms with Gasteiger partial charge in [0, 0.05) is 0 Å². The summed E-state index contributed by atoms with van der Waals surface area (Å²) in [5, 5.41) is 103. The molecule has 3 saturated heterocycles. The molecule has 0 bridgehead atoms. The van der Waals surface area contributed by atoms with Crippen LogP contribution in [0.1, 0.15) is 40.0 Å². The van der Waals surface area contributed by atoms with Crippen molar-refractivity contribution in [2.45, 2.75) is 138 Å². The van der Waals surface area contributed by atoms with Crippen LogP contribution in [0.4, 0.5) is 0 Å². The fourth-order valence-corrected chi connectivity index (χ4v) is 6.47. The van der Waals surface area contributed by atoms with Gasteiger partial charge in [0.15, 0.2) is 18.9 Å². The van der Waals surface area contributed by atoms with Crippen LogP contribution in [0.5, 0.6) is 0 Å². The number of ether oxygens (including phenoxy) is 6. The molecule has 3 aliphatic heterocycles. The van der Waals surface area contributed by atoms with Gasteiger partial charge in [0.25, 0.3) is 0 Å². The first kappa shape index (κ1) is 36.2. The molecule has 18 atom stereocenters. The van der Waals surface area contributed by atoms with Crippen LogP contribution in [0, 0.1) is 17.8 Å². The van der Waals surface area contributed by atoms with Gasteiger partial charge in [-0.25, -0.2) is 0 Å². The lowest BCUT2D eigenvalue weighted by molar-refractivity contribution is -0.379. The van der Waals surface area contributed by atoms with E-state index in [4.69, 9.17) is 28.4 Å². The first-order chi connectivity index (χ1) is 20.8. The Morgan fingerprint density at radius 3 is 1.70 bits per heavy atom. The summed E-state index contributed by atoms with van der Waals surface area (Å²) in [5.41, 5.74) is 0. The van der Waals surface area contributed by atoms with E-state index in [9.17, 15) is 51.1 Å². The van der Waals surface area contributed by atoms with Crippen molar-refractivity contribution in [3.8, 4) is 0 Å². The summed E-state index contributed by atoms with van der Waals surface area (Å²) < 4.78 is 34.8. The van der Waals surface area contributed by atoms with Crippen LogP contribution in [0.25, 0.3) is 0 Å². The average Bonchev–Trinajstić information content (AvgIpc) is 2.99. The van der Waals surface area contributed by atoms with Crippen LogP contribution in [0.2, 0.25) is 0 Å². The molecule has 4 fully saturated rings. The van der Waals surface area contributed by atoms with Crippen molar-refractivity contribution in [1.29, 1.82) is 0 Å². The van der Waals surface area contributed by atoms with Crippen molar-refractivity contribution in [2.75, 3.05) is 19.8 Å². The van der Waals surface area contributed by atoms with Crippen molar-refractivity contribution in [2.24, 2.45) is 17.8 Å². The molecule has 16 heteroatoms. The second kappa shape index (κ2) is 15.5. The minimum Gasteiger partial charge on any atom is -0.394 e. The zero-order chi connectivity index (χ0) is 32.5. The highest BCUT2D eigenvalue weighted by Crippen LogP contribution is 2.38. The summed E-state index contributed by atoms with van der Waals surface area (Å²) in [6.07, 6.45) is -21.3. The normalized spacial score (nSPS) is 50.6. The predicted octanol–water partition coefficient (Wildman–Crippen LogP) is -4.09. The topological polar surface area (TPSA) is 258 Å². The van der Waals surface area contributed by atoms with E-state index in [0.717, 1.165) is 12.8 Å². The Morgan fingerprint density at radius 1 is 0.614 bits per heavy atom. The number of hydrogen-bond donors (Lipinski definition) is 10. The predicted molar refractivity (Wildman–Crippen MR) is 145 cm³/mol. The van der Waals surface area contributed by atoms with Crippen LogP contribution in [-0.2, 0) is 28.4 Å². The highest BCUT2D eigenvalue weighted by molar-refractivity contribution is 4.95. The van der Waals surface area contributed by atoms with Gasteiger partial charge in [-0.15, -0.1) is 0 Å². The Kier molecular flexibility index (Phi) is 12.8. The first-order valence-corrected chi connectivity index (χ1v) is 15.3. The molecule has 0 aromatic rings. The van der Waals surface area contributed by atoms with Crippen LogP contribution < -0.4 is 0 Å². The molecule has 10 N–H and O–H groups in total. The highest BCUT2D eigenvalue weighted by atomic mass is 16.8. The van der Waals surface area contributed by atoms with Crippen LogP contribution in [-0.4, -0.2) is 169 Å². The summed E-state index contributed by atoms with van der Waals surface area (Å²) >= 11 is 0. The van der Waals surface area contributed by atoms with E-state index in [2.05, 4.69) is 20.8 Å². The molecule has 0 spiro atoms. The molecule has 3 heterocycles. The molecule has 0 amide bonds. The summed E-state index contributed by atoms with van der Waals surface area (Å²) in [6.45, 7) is 4.35. The second-order valence-electron chi connectivity index (χ2n) is 12.9. The molecular formula is C28H50O16. The Morgan fingerprint density at radius 2 is 1.14 bits per heavy atom. The van der Waals surface area contributed by atoms with Gasteiger partial charge in [-0.3, -0.25) is 0 Å². The molecule has 4 aliphatic rings. The Balaban J connectivity index is 1.54. The van der Waals surface area contributed by atoms with Gasteiger partial charge in [-0.2, -0.15) is 0 Å². The average molecular weight is 643 g/mol. The molecule has 16 nitrogen and oxygen atoms in total. The van der Waals surface area contributed by atoms with Crippen molar-refractivity contribution in [1.82, 2.24) is 0 Å². The molecule has 44 heavy (non-hydrogen) atoms. The van der Waals surface area contributed by atoms with Crippen molar-refractivity contribution in [3.05, 3.63) is 0 Å². The van der Waals surface area contributed by atoms with Crippen LogP contribution in [0.15, 0.2) is 0 Å². The van der Waals surface area contributed by atoms with Gasteiger partial charge in [-0.05, 0) is 30.6 Å². The van der Waals surface area contributed by atoms with E-state index in [-0.39, 0.29) is 17.9 Å². The van der Waals surface area contributed by atoms with Gasteiger partial charge >= 0.3 is 0 Å². The van der Waals surface area contributed by atoms with Crippen molar-refractivity contribution >= 4 is 0 Å². The van der Waals surface area contributed by atoms with Crippen LogP contribution >= 0.6 is 0 Å². The fourth-order valence-electron chi connectivity index (χ4n) is 6.47. The maximum Gasteiger partial charge on any atom is 0.187 e. The standard InChI is InChI=1S/C28H50O16/c1-10(2)12-5-4-11(3)6-13(12)40-28-25(44-27-24(38)21(35)18(32)15(8-30)42-27)22(36)19(33)16(43-28)9-39-26-23(37)20(34)17(31)14(7-29)41-26/h10-38H,4-9H2,1-3H3/t11-,12+,13-,14+,15+,16+,17+,18+,19+,20-,21-,22-,23+,24+,25+,26+,27-,28+/m0/s1. The maximum atomic E-state index is 11.3. The van der Waals surface area contributed by atoms with E-state index in [1.165, 1.54) is 0 Å². The van der Waals surface area contributed by atoms with E-state index in [0.29, 0.717) is 12.3 Å². The second-order valence-corrected chi connectivity index (χ2v) is 12.9. The molecule has 258 valence electrons. The van der Waals surface area contributed by atoms with E-state index in [1.54, 1.807) is 0 Å². The largest absolute Gasteiger partial charge is 0.394 e. The van der Waals surface area contributed by atoms with E-state index < -0.39 is 112 Å². The number of aliphatic hydroxyl groups excluding tert-OH is 10. The zero-order valence-electron chi connectivity index (χ0n) is 25.1. The minimum atomic E-state index is -1.79. The lowest BCUT2D eigenvalue weighted by atomic mass is 9.75. The van der Waals surface area contributed by atoms with E-state index >= 15 is 0 Å². The summed E-state index contributed by atoms with van der Waals surface area (Å²) in [6, 6.07) is 0. The maximum absolute atomic E-state index is 11.3. The summed E-state index contributed by atoms with van der Waals surface area (Å²) in [5.74, 6) is 0.682. The van der Waals surface area contributed by atoms with Gasteiger partial charge in [0.2, 0.25) is 0 Å². The molecule has 0 aromatic heterocycles. The monoisotopic (exact) mass is 642 g/mol. The quantitative estimate of drug-likeness (QED) is 0.109. The summed E-state index contributed by atoms with van der Waals surface area (Å²) in [4.78, 5) is 0. The van der Waals surface area contributed by atoms with Gasteiger partial charge in [0.05, 0.1) is 25.9 Å². The Hall–Kier alpha value is -0.640.